The van der Waals surface area contributed by atoms with Crippen LogP contribution in [-0.2, 0) is 0 Å². The number of halogens is 1. The first-order valence-electron chi connectivity index (χ1n) is 6.46. The summed E-state index contributed by atoms with van der Waals surface area (Å²) in [7, 11) is 0. The molecule has 1 fully saturated rings. The van der Waals surface area contributed by atoms with E-state index < -0.39 is 5.82 Å². The van der Waals surface area contributed by atoms with Gasteiger partial charge in [0.05, 0.1) is 5.56 Å². The Hall–Kier alpha value is -1.58. The van der Waals surface area contributed by atoms with Crippen LogP contribution in [0.1, 0.15) is 36.5 Å². The maximum absolute atomic E-state index is 13.6. The molecule has 1 aliphatic heterocycles. The zero-order valence-electron chi connectivity index (χ0n) is 10.7. The summed E-state index contributed by atoms with van der Waals surface area (Å²) >= 11 is 0. The Labute approximate surface area is 107 Å². The molecule has 0 bridgehead atoms. The van der Waals surface area contributed by atoms with Crippen LogP contribution < -0.4 is 5.73 Å². The van der Waals surface area contributed by atoms with Crippen LogP contribution in [0.3, 0.4) is 0 Å². The van der Waals surface area contributed by atoms with Crippen LogP contribution >= 0.6 is 0 Å². The first kappa shape index (κ1) is 12.9. The molecule has 0 saturated carbocycles. The van der Waals surface area contributed by atoms with Gasteiger partial charge in [0.15, 0.2) is 0 Å². The van der Waals surface area contributed by atoms with Gasteiger partial charge in [0.25, 0.3) is 5.91 Å². The Bertz CT molecular complexity index is 447. The van der Waals surface area contributed by atoms with Crippen molar-refractivity contribution >= 4 is 11.6 Å². The Morgan fingerprint density at radius 1 is 1.56 bits per heavy atom. The Balaban J connectivity index is 2.10. The minimum absolute atomic E-state index is 0.0900. The number of nitrogens with zero attached hydrogens (tertiary/aromatic N) is 1. The summed E-state index contributed by atoms with van der Waals surface area (Å²) in [5, 5.41) is 0. The fourth-order valence-corrected chi connectivity index (χ4v) is 2.54. The molecule has 0 aliphatic carbocycles. The molecule has 4 heteroatoms. The first-order chi connectivity index (χ1) is 8.61. The van der Waals surface area contributed by atoms with Gasteiger partial charge < -0.3 is 10.6 Å². The lowest BCUT2D eigenvalue weighted by atomic mass is 10.0. The maximum Gasteiger partial charge on any atom is 0.256 e. The molecule has 0 aromatic heterocycles. The lowest BCUT2D eigenvalue weighted by molar-refractivity contribution is 0.0782. The zero-order chi connectivity index (χ0) is 13.1. The Morgan fingerprint density at radius 3 is 3.06 bits per heavy atom. The molecule has 1 heterocycles. The predicted octanol–water partition coefficient (Wildman–Crippen LogP) is 2.67. The highest BCUT2D eigenvalue weighted by Gasteiger charge is 2.27. The van der Waals surface area contributed by atoms with Gasteiger partial charge in [0.2, 0.25) is 0 Å². The van der Waals surface area contributed by atoms with E-state index in [2.05, 4.69) is 6.92 Å². The van der Waals surface area contributed by atoms with E-state index in [-0.39, 0.29) is 11.5 Å². The normalized spacial score (nSPS) is 19.2. The van der Waals surface area contributed by atoms with Gasteiger partial charge in [-0.15, -0.1) is 0 Å². The summed E-state index contributed by atoms with van der Waals surface area (Å²) in [6.45, 7) is 3.60. The van der Waals surface area contributed by atoms with Crippen LogP contribution in [0.4, 0.5) is 10.1 Å². The average Bonchev–Trinajstić information content (AvgIpc) is 2.80. The number of anilines is 1. The third-order valence-electron chi connectivity index (χ3n) is 3.49. The van der Waals surface area contributed by atoms with Gasteiger partial charge in [0.1, 0.15) is 5.82 Å². The molecule has 1 aromatic carbocycles. The number of nitrogens with two attached hydrogens (primary N) is 1. The smallest absolute Gasteiger partial charge is 0.256 e. The van der Waals surface area contributed by atoms with Gasteiger partial charge in [0, 0.05) is 18.8 Å². The number of hydrogen-bond acceptors (Lipinski definition) is 2. The molecule has 0 spiro atoms. The lowest BCUT2D eigenvalue weighted by Gasteiger charge is -2.17. The van der Waals surface area contributed by atoms with E-state index in [0.717, 1.165) is 32.4 Å². The molecule has 18 heavy (non-hydrogen) atoms. The van der Waals surface area contributed by atoms with Crippen molar-refractivity contribution in [2.45, 2.75) is 26.2 Å². The van der Waals surface area contributed by atoms with E-state index in [9.17, 15) is 9.18 Å². The van der Waals surface area contributed by atoms with Crippen LogP contribution in [0.25, 0.3) is 0 Å². The lowest BCUT2D eigenvalue weighted by Crippen LogP contribution is -2.29. The summed E-state index contributed by atoms with van der Waals surface area (Å²) in [6.07, 6.45) is 3.27. The Morgan fingerprint density at radius 2 is 2.33 bits per heavy atom. The molecule has 0 radical (unpaired) electrons. The van der Waals surface area contributed by atoms with Crippen LogP contribution in [0.15, 0.2) is 18.2 Å². The molecule has 1 saturated heterocycles. The molecular formula is C14H19FN2O. The largest absolute Gasteiger partial charge is 0.399 e. The van der Waals surface area contributed by atoms with Crippen molar-refractivity contribution in [3.05, 3.63) is 29.6 Å². The molecule has 2 rings (SSSR count). The van der Waals surface area contributed by atoms with Crippen LogP contribution in [0, 0.1) is 11.7 Å². The van der Waals surface area contributed by atoms with Gasteiger partial charge >= 0.3 is 0 Å². The fourth-order valence-electron chi connectivity index (χ4n) is 2.54. The highest BCUT2D eigenvalue weighted by molar-refractivity contribution is 5.95. The van der Waals surface area contributed by atoms with Crippen molar-refractivity contribution in [1.29, 1.82) is 0 Å². The number of carbonyl (C=O) groups is 1. The molecule has 1 aromatic rings. The Kier molecular flexibility index (Phi) is 3.84. The number of carbonyl (C=O) groups excluding carboxylic acids is 1. The third-order valence-corrected chi connectivity index (χ3v) is 3.49. The van der Waals surface area contributed by atoms with Crippen molar-refractivity contribution in [3.8, 4) is 0 Å². The predicted molar refractivity (Wildman–Crippen MR) is 69.7 cm³/mol. The number of rotatable bonds is 3. The summed E-state index contributed by atoms with van der Waals surface area (Å²) in [6, 6.07) is 4.14. The van der Waals surface area contributed by atoms with Gasteiger partial charge in [-0.05, 0) is 37.0 Å². The van der Waals surface area contributed by atoms with Gasteiger partial charge in [-0.25, -0.2) is 4.39 Å². The third kappa shape index (κ3) is 2.63. The highest BCUT2D eigenvalue weighted by Crippen LogP contribution is 2.23. The standard InChI is InChI=1S/C14H19FN2O/c1-2-3-10-6-7-17(9-10)14(18)12-8-11(16)4-5-13(12)15/h4-5,8,10H,2-3,6-7,9,16H2,1H3. The summed E-state index contributed by atoms with van der Waals surface area (Å²) in [5.41, 5.74) is 6.11. The molecular weight excluding hydrogens is 231 g/mol. The summed E-state index contributed by atoms with van der Waals surface area (Å²) in [5.74, 6) is -0.172. The van der Waals surface area contributed by atoms with Crippen molar-refractivity contribution in [3.63, 3.8) is 0 Å². The van der Waals surface area contributed by atoms with Crippen LogP contribution in [0.2, 0.25) is 0 Å². The molecule has 1 atom stereocenters. The zero-order valence-corrected chi connectivity index (χ0v) is 10.7. The number of likely N-dealkylation sites (tertiary alicyclic amines) is 1. The monoisotopic (exact) mass is 250 g/mol. The van der Waals surface area contributed by atoms with E-state index in [4.69, 9.17) is 5.73 Å². The maximum atomic E-state index is 13.6. The molecule has 1 amide bonds. The van der Waals surface area contributed by atoms with Crippen LogP contribution in [-0.4, -0.2) is 23.9 Å². The number of benzene rings is 1. The summed E-state index contributed by atoms with van der Waals surface area (Å²) < 4.78 is 13.6. The van der Waals surface area contributed by atoms with E-state index in [1.54, 1.807) is 4.90 Å². The second kappa shape index (κ2) is 5.38. The first-order valence-corrected chi connectivity index (χ1v) is 6.46. The quantitative estimate of drug-likeness (QED) is 0.838. The minimum Gasteiger partial charge on any atom is -0.399 e. The number of hydrogen-bond donors (Lipinski definition) is 1. The van der Waals surface area contributed by atoms with Gasteiger partial charge in [-0.3, -0.25) is 4.79 Å². The van der Waals surface area contributed by atoms with Gasteiger partial charge in [-0.1, -0.05) is 13.3 Å². The number of amides is 1. The van der Waals surface area contributed by atoms with Crippen molar-refractivity contribution in [2.24, 2.45) is 5.92 Å². The number of nitrogen functional groups attached to an aromatic ring is 1. The SMILES string of the molecule is CCCC1CCN(C(=O)c2cc(N)ccc2F)C1. The molecule has 1 aliphatic rings. The molecule has 3 nitrogen and oxygen atoms in total. The second-order valence-corrected chi connectivity index (χ2v) is 4.93. The van der Waals surface area contributed by atoms with Crippen LogP contribution in [0.5, 0.6) is 0 Å². The topological polar surface area (TPSA) is 46.3 Å². The van der Waals surface area contributed by atoms with Crippen molar-refractivity contribution < 1.29 is 9.18 Å². The minimum atomic E-state index is -0.492. The molecule has 1 unspecified atom stereocenters. The van der Waals surface area contributed by atoms with Crippen molar-refractivity contribution in [2.75, 3.05) is 18.8 Å². The second-order valence-electron chi connectivity index (χ2n) is 4.93. The van der Waals surface area contributed by atoms with E-state index in [1.165, 1.54) is 18.2 Å². The molecule has 2 N–H and O–H groups in total. The average molecular weight is 250 g/mol. The van der Waals surface area contributed by atoms with Gasteiger partial charge in [-0.2, -0.15) is 0 Å². The van der Waals surface area contributed by atoms with E-state index in [0.29, 0.717) is 11.6 Å². The fraction of sp³-hybridized carbons (Fsp3) is 0.500. The molecule has 98 valence electrons. The van der Waals surface area contributed by atoms with E-state index >= 15 is 0 Å². The van der Waals surface area contributed by atoms with Crippen molar-refractivity contribution in [1.82, 2.24) is 4.90 Å². The summed E-state index contributed by atoms with van der Waals surface area (Å²) in [4.78, 5) is 13.9. The van der Waals surface area contributed by atoms with E-state index in [1.807, 2.05) is 0 Å². The highest BCUT2D eigenvalue weighted by atomic mass is 19.1.